The summed E-state index contributed by atoms with van der Waals surface area (Å²) >= 11 is 0. The third-order valence-corrected chi connectivity index (χ3v) is 3.60. The Hall–Kier alpha value is -0.510. The van der Waals surface area contributed by atoms with Crippen molar-refractivity contribution in [2.24, 2.45) is 11.8 Å². The summed E-state index contributed by atoms with van der Waals surface area (Å²) in [6, 6.07) is 0.284. The Bertz CT molecular complexity index is 217. The summed E-state index contributed by atoms with van der Waals surface area (Å²) in [7, 11) is 1.87. The van der Waals surface area contributed by atoms with Gasteiger partial charge in [-0.15, -0.1) is 6.58 Å². The lowest BCUT2D eigenvalue weighted by Crippen LogP contribution is -2.37. The third-order valence-electron chi connectivity index (χ3n) is 3.60. The first-order valence-electron chi connectivity index (χ1n) is 5.84. The van der Waals surface area contributed by atoms with Crippen LogP contribution in [-0.4, -0.2) is 19.3 Å². The first-order valence-corrected chi connectivity index (χ1v) is 5.84. The van der Waals surface area contributed by atoms with Crippen LogP contribution in [0.25, 0.3) is 0 Å². The molecule has 1 aliphatic carbocycles. The molecule has 0 aromatic rings. The van der Waals surface area contributed by atoms with Crippen LogP contribution >= 0.6 is 0 Å². The second-order valence-corrected chi connectivity index (χ2v) is 4.57. The Morgan fingerprint density at radius 3 is 2.25 bits per heavy atom. The number of hydrogen-bond donors (Lipinski definition) is 1. The molecule has 94 valence electrons. The zero-order chi connectivity index (χ0) is 12.2. The minimum absolute atomic E-state index is 0.281. The summed E-state index contributed by atoms with van der Waals surface area (Å²) in [5.74, 6) is -0.716. The van der Waals surface area contributed by atoms with Gasteiger partial charge in [0.1, 0.15) is 0 Å². The molecule has 16 heavy (non-hydrogen) atoms. The van der Waals surface area contributed by atoms with Crippen LogP contribution in [0.1, 0.15) is 32.1 Å². The standard InChI is InChI=1S/C12H20F3N/c1-3-4-11(16-2)9-5-7-10(8-6-9)12(13,14)15/h3,9-11,16H,1,4-8H2,2H3. The van der Waals surface area contributed by atoms with Crippen molar-refractivity contribution in [3.63, 3.8) is 0 Å². The molecule has 0 heterocycles. The van der Waals surface area contributed by atoms with Crippen molar-refractivity contribution in [1.82, 2.24) is 5.32 Å². The fourth-order valence-electron chi connectivity index (χ4n) is 2.57. The summed E-state index contributed by atoms with van der Waals surface area (Å²) in [5.41, 5.74) is 0. The van der Waals surface area contributed by atoms with Crippen LogP contribution in [0, 0.1) is 11.8 Å². The molecule has 0 radical (unpaired) electrons. The van der Waals surface area contributed by atoms with Crippen LogP contribution < -0.4 is 5.32 Å². The Balaban J connectivity index is 2.44. The normalized spacial score (nSPS) is 28.8. The Labute approximate surface area is 95.1 Å². The molecule has 1 rings (SSSR count). The van der Waals surface area contributed by atoms with Crippen molar-refractivity contribution < 1.29 is 13.2 Å². The molecule has 1 aliphatic rings. The van der Waals surface area contributed by atoms with E-state index in [0.717, 1.165) is 6.42 Å². The molecular weight excluding hydrogens is 215 g/mol. The molecule has 4 heteroatoms. The van der Waals surface area contributed by atoms with Gasteiger partial charge in [-0.3, -0.25) is 0 Å². The smallest absolute Gasteiger partial charge is 0.316 e. The second-order valence-electron chi connectivity index (χ2n) is 4.57. The van der Waals surface area contributed by atoms with Gasteiger partial charge >= 0.3 is 6.18 Å². The van der Waals surface area contributed by atoms with Gasteiger partial charge in [-0.05, 0) is 45.1 Å². The lowest BCUT2D eigenvalue weighted by molar-refractivity contribution is -0.184. The number of halogens is 3. The van der Waals surface area contributed by atoms with Crippen LogP contribution in [-0.2, 0) is 0 Å². The van der Waals surface area contributed by atoms with Gasteiger partial charge < -0.3 is 5.32 Å². The van der Waals surface area contributed by atoms with Crippen LogP contribution in [0.3, 0.4) is 0 Å². The highest BCUT2D eigenvalue weighted by atomic mass is 19.4. The van der Waals surface area contributed by atoms with Gasteiger partial charge in [0.2, 0.25) is 0 Å². The monoisotopic (exact) mass is 235 g/mol. The van der Waals surface area contributed by atoms with Gasteiger partial charge in [-0.1, -0.05) is 6.08 Å². The molecule has 0 aliphatic heterocycles. The van der Waals surface area contributed by atoms with Gasteiger partial charge in [-0.25, -0.2) is 0 Å². The second kappa shape index (κ2) is 5.71. The molecule has 0 spiro atoms. The fourth-order valence-corrected chi connectivity index (χ4v) is 2.57. The van der Waals surface area contributed by atoms with E-state index in [-0.39, 0.29) is 18.9 Å². The fraction of sp³-hybridized carbons (Fsp3) is 0.833. The van der Waals surface area contributed by atoms with Crippen LogP contribution in [0.5, 0.6) is 0 Å². The van der Waals surface area contributed by atoms with Gasteiger partial charge in [0, 0.05) is 6.04 Å². The molecule has 1 atom stereocenters. The number of hydrogen-bond acceptors (Lipinski definition) is 1. The number of nitrogens with one attached hydrogen (secondary N) is 1. The molecule has 0 aromatic carbocycles. The highest BCUT2D eigenvalue weighted by Crippen LogP contribution is 2.40. The largest absolute Gasteiger partial charge is 0.391 e. The van der Waals surface area contributed by atoms with E-state index in [2.05, 4.69) is 11.9 Å². The van der Waals surface area contributed by atoms with Crippen molar-refractivity contribution in [1.29, 1.82) is 0 Å². The predicted molar refractivity (Wildman–Crippen MR) is 59.2 cm³/mol. The number of alkyl halides is 3. The molecule has 0 saturated heterocycles. The Kier molecular flexibility index (Phi) is 4.84. The highest BCUT2D eigenvalue weighted by Gasteiger charge is 2.42. The van der Waals surface area contributed by atoms with Crippen molar-refractivity contribution >= 4 is 0 Å². The minimum atomic E-state index is -4.00. The van der Waals surface area contributed by atoms with E-state index in [1.54, 1.807) is 0 Å². The summed E-state index contributed by atoms with van der Waals surface area (Å²) in [6.07, 6.45) is 0.563. The van der Waals surface area contributed by atoms with Crippen molar-refractivity contribution in [2.75, 3.05) is 7.05 Å². The van der Waals surface area contributed by atoms with E-state index in [1.807, 2.05) is 13.1 Å². The van der Waals surface area contributed by atoms with Gasteiger partial charge in [0.05, 0.1) is 5.92 Å². The predicted octanol–water partition coefficient (Wildman–Crippen LogP) is 3.52. The molecule has 1 unspecified atom stereocenters. The lowest BCUT2D eigenvalue weighted by atomic mass is 9.77. The molecule has 1 saturated carbocycles. The average molecular weight is 235 g/mol. The maximum atomic E-state index is 12.5. The highest BCUT2D eigenvalue weighted by molar-refractivity contribution is 4.87. The zero-order valence-corrected chi connectivity index (χ0v) is 9.69. The van der Waals surface area contributed by atoms with Crippen molar-refractivity contribution in [2.45, 2.75) is 44.3 Å². The topological polar surface area (TPSA) is 12.0 Å². The maximum absolute atomic E-state index is 12.5. The van der Waals surface area contributed by atoms with E-state index in [0.29, 0.717) is 18.8 Å². The van der Waals surface area contributed by atoms with E-state index in [4.69, 9.17) is 0 Å². The van der Waals surface area contributed by atoms with Crippen LogP contribution in [0.15, 0.2) is 12.7 Å². The van der Waals surface area contributed by atoms with Crippen molar-refractivity contribution in [3.8, 4) is 0 Å². The third kappa shape index (κ3) is 3.51. The zero-order valence-electron chi connectivity index (χ0n) is 9.69. The quantitative estimate of drug-likeness (QED) is 0.735. The van der Waals surface area contributed by atoms with Crippen LogP contribution in [0.2, 0.25) is 0 Å². The summed E-state index contributed by atoms with van der Waals surface area (Å²) in [5, 5.41) is 3.17. The van der Waals surface area contributed by atoms with Gasteiger partial charge in [0.25, 0.3) is 0 Å². The lowest BCUT2D eigenvalue weighted by Gasteiger charge is -2.34. The SMILES string of the molecule is C=CCC(NC)C1CCC(C(F)(F)F)CC1. The molecule has 1 nitrogen and oxygen atoms in total. The summed E-state index contributed by atoms with van der Waals surface area (Å²) in [6.45, 7) is 3.68. The maximum Gasteiger partial charge on any atom is 0.391 e. The molecule has 0 amide bonds. The minimum Gasteiger partial charge on any atom is -0.316 e. The van der Waals surface area contributed by atoms with E-state index >= 15 is 0 Å². The molecule has 0 aromatic heterocycles. The molecule has 1 N–H and O–H groups in total. The van der Waals surface area contributed by atoms with Gasteiger partial charge in [-0.2, -0.15) is 13.2 Å². The molecule has 0 bridgehead atoms. The van der Waals surface area contributed by atoms with Crippen molar-refractivity contribution in [3.05, 3.63) is 12.7 Å². The molecule has 1 fully saturated rings. The first-order chi connectivity index (χ1) is 7.49. The van der Waals surface area contributed by atoms with E-state index in [1.165, 1.54) is 0 Å². The summed E-state index contributed by atoms with van der Waals surface area (Å²) < 4.78 is 37.4. The molecular formula is C12H20F3N. The number of rotatable bonds is 4. The van der Waals surface area contributed by atoms with E-state index in [9.17, 15) is 13.2 Å². The van der Waals surface area contributed by atoms with E-state index < -0.39 is 12.1 Å². The summed E-state index contributed by atoms with van der Waals surface area (Å²) in [4.78, 5) is 0. The van der Waals surface area contributed by atoms with Gasteiger partial charge in [0.15, 0.2) is 0 Å². The van der Waals surface area contributed by atoms with Crippen LogP contribution in [0.4, 0.5) is 13.2 Å². The Morgan fingerprint density at radius 1 is 1.31 bits per heavy atom. The first kappa shape index (κ1) is 13.6. The average Bonchev–Trinajstić information content (AvgIpc) is 2.25. The Morgan fingerprint density at radius 2 is 1.88 bits per heavy atom.